The Morgan fingerprint density at radius 2 is 1.19 bits per heavy atom. The van der Waals surface area contributed by atoms with Gasteiger partial charge in [0, 0.05) is 40.0 Å². The number of benzene rings is 2. The minimum atomic E-state index is -0.819. The van der Waals surface area contributed by atoms with E-state index >= 15 is 0 Å². The first-order chi connectivity index (χ1) is 13.9. The number of carbonyl (C=O) groups is 1. The van der Waals surface area contributed by atoms with Crippen LogP contribution in [0.2, 0.25) is 0 Å². The van der Waals surface area contributed by atoms with E-state index in [1.54, 1.807) is 72.9 Å². The van der Waals surface area contributed by atoms with E-state index in [1.165, 1.54) is 0 Å². The van der Waals surface area contributed by atoms with Crippen LogP contribution in [0.3, 0.4) is 0 Å². The van der Waals surface area contributed by atoms with Crippen molar-refractivity contribution in [1.82, 2.24) is 0 Å². The van der Waals surface area contributed by atoms with Crippen LogP contribution in [-0.2, 0) is 32.9 Å². The summed E-state index contributed by atoms with van der Waals surface area (Å²) < 4.78 is 4.93. The van der Waals surface area contributed by atoms with E-state index in [-0.39, 0.29) is 46.5 Å². The number of aliphatic carboxylic acids is 1. The Morgan fingerprint density at radius 1 is 0.839 bits per heavy atom. The summed E-state index contributed by atoms with van der Waals surface area (Å²) in [6.07, 6.45) is -0.440. The van der Waals surface area contributed by atoms with Gasteiger partial charge in [0.1, 0.15) is 5.75 Å². The van der Waals surface area contributed by atoms with Gasteiger partial charge >= 0.3 is 5.97 Å². The largest absolute Gasteiger partial charge is 0.497 e. The van der Waals surface area contributed by atoms with Crippen LogP contribution < -0.4 is 4.74 Å². The molecule has 2 rings (SSSR count). The molecule has 6 nitrogen and oxygen atoms in total. The standard InChI is InChI=1S/C9H10O3.C6H5.3C3H8O.Ti/c1-12-8-4-2-7(3-5-8)6-9(10)11;1-2-4-6-5-3-1;3*1-3(2)4;/h2-5H,6H2,1H3,(H,10,11);1-5H;3*3-4H,1-2H3;/q;-1;;;;. The molecule has 0 bridgehead atoms. The van der Waals surface area contributed by atoms with E-state index in [0.717, 1.165) is 11.3 Å². The smallest absolute Gasteiger partial charge is 0.307 e. The average Bonchev–Trinajstić information content (AvgIpc) is 2.62. The molecule has 7 heteroatoms. The molecule has 2 aromatic rings. The van der Waals surface area contributed by atoms with Gasteiger partial charge in [0.25, 0.3) is 0 Å². The molecule has 0 radical (unpaired) electrons. The fourth-order valence-corrected chi connectivity index (χ4v) is 1.26. The van der Waals surface area contributed by atoms with Crippen molar-refractivity contribution in [3.63, 3.8) is 0 Å². The van der Waals surface area contributed by atoms with E-state index in [0.29, 0.717) is 0 Å². The topological polar surface area (TPSA) is 107 Å². The Labute approximate surface area is 202 Å². The van der Waals surface area contributed by atoms with Crippen LogP contribution in [0.1, 0.15) is 47.1 Å². The first-order valence-electron chi connectivity index (χ1n) is 9.72. The number of aliphatic hydroxyl groups is 3. The van der Waals surface area contributed by atoms with Gasteiger partial charge < -0.3 is 25.2 Å². The zero-order chi connectivity index (χ0) is 23.9. The first kappa shape index (κ1) is 36.7. The van der Waals surface area contributed by atoms with E-state index < -0.39 is 5.97 Å². The molecule has 0 atom stereocenters. The van der Waals surface area contributed by atoms with E-state index in [4.69, 9.17) is 25.2 Å². The minimum Gasteiger partial charge on any atom is -0.497 e. The van der Waals surface area contributed by atoms with Crippen LogP contribution in [0.4, 0.5) is 0 Å². The number of carboxylic acids is 1. The van der Waals surface area contributed by atoms with Crippen LogP contribution in [0.5, 0.6) is 5.75 Å². The normalized spacial score (nSPS) is 8.68. The molecular formula is C24H39O6Ti-. The molecule has 0 saturated heterocycles. The van der Waals surface area contributed by atoms with Gasteiger partial charge in [-0.2, -0.15) is 36.4 Å². The van der Waals surface area contributed by atoms with Crippen molar-refractivity contribution in [2.75, 3.05) is 7.11 Å². The molecular weight excluding hydrogens is 432 g/mol. The molecule has 176 valence electrons. The molecule has 0 spiro atoms. The third-order valence-electron chi connectivity index (χ3n) is 2.12. The second kappa shape index (κ2) is 26.3. The second-order valence-corrected chi connectivity index (χ2v) is 6.78. The molecule has 0 aliphatic rings. The molecule has 0 aliphatic carbocycles. The number of aliphatic hydroxyl groups excluding tert-OH is 3. The average molecular weight is 471 g/mol. The summed E-state index contributed by atoms with van der Waals surface area (Å²) in [4.78, 5) is 10.3. The monoisotopic (exact) mass is 471 g/mol. The van der Waals surface area contributed by atoms with Gasteiger partial charge in [0.15, 0.2) is 0 Å². The number of carboxylic acid groups (broad SMARTS) is 1. The van der Waals surface area contributed by atoms with Crippen LogP contribution in [0.25, 0.3) is 0 Å². The SMILES string of the molecule is CC(C)O.CC(C)O.CC(C)O.COc1ccc(CC(=O)O)cc1.[Ti].[c-]1ccccc1. The van der Waals surface area contributed by atoms with Gasteiger partial charge in [-0.05, 0) is 59.2 Å². The molecule has 0 unspecified atom stereocenters. The summed E-state index contributed by atoms with van der Waals surface area (Å²) in [5.41, 5.74) is 0.781. The summed E-state index contributed by atoms with van der Waals surface area (Å²) in [7, 11) is 1.58. The van der Waals surface area contributed by atoms with Gasteiger partial charge in [0.2, 0.25) is 0 Å². The maximum Gasteiger partial charge on any atom is 0.307 e. The van der Waals surface area contributed by atoms with Crippen LogP contribution in [0.15, 0.2) is 54.6 Å². The maximum atomic E-state index is 10.3. The number of methoxy groups -OCH3 is 1. The van der Waals surface area contributed by atoms with Crippen molar-refractivity contribution >= 4 is 5.97 Å². The summed E-state index contributed by atoms with van der Waals surface area (Å²) in [6.45, 7) is 10.3. The zero-order valence-electron chi connectivity index (χ0n) is 19.7. The summed E-state index contributed by atoms with van der Waals surface area (Å²) in [6, 6.07) is 19.5. The quantitative estimate of drug-likeness (QED) is 0.399. The van der Waals surface area contributed by atoms with Crippen LogP contribution in [0, 0.1) is 6.07 Å². The molecule has 4 N–H and O–H groups in total. The molecule has 0 aromatic heterocycles. The molecule has 0 fully saturated rings. The van der Waals surface area contributed by atoms with Crippen molar-refractivity contribution in [3.05, 3.63) is 66.2 Å². The Bertz CT molecular complexity index is 538. The Balaban J connectivity index is -0.000000163. The molecule has 0 amide bonds. The third-order valence-corrected chi connectivity index (χ3v) is 2.12. The van der Waals surface area contributed by atoms with Crippen LogP contribution in [-0.4, -0.2) is 51.8 Å². The fraction of sp³-hybridized carbons (Fsp3) is 0.458. The predicted octanol–water partition coefficient (Wildman–Crippen LogP) is 3.97. The summed E-state index contributed by atoms with van der Waals surface area (Å²) in [5, 5.41) is 32.6. The Kier molecular flexibility index (Phi) is 31.2. The Hall–Kier alpha value is -1.70. The van der Waals surface area contributed by atoms with Crippen LogP contribution >= 0.6 is 0 Å². The maximum absolute atomic E-state index is 10.3. The van der Waals surface area contributed by atoms with Gasteiger partial charge in [-0.3, -0.25) is 4.79 Å². The molecule has 2 aromatic carbocycles. The minimum absolute atomic E-state index is 0. The molecule has 0 heterocycles. The third kappa shape index (κ3) is 47.5. The van der Waals surface area contributed by atoms with Gasteiger partial charge in [0.05, 0.1) is 13.5 Å². The van der Waals surface area contributed by atoms with Crippen molar-refractivity contribution in [2.24, 2.45) is 0 Å². The first-order valence-corrected chi connectivity index (χ1v) is 9.72. The number of hydrogen-bond donors (Lipinski definition) is 4. The zero-order valence-corrected chi connectivity index (χ0v) is 21.3. The van der Waals surface area contributed by atoms with Gasteiger partial charge in [-0.25, -0.2) is 0 Å². The predicted molar refractivity (Wildman–Crippen MR) is 122 cm³/mol. The molecule has 0 saturated carbocycles. The number of ether oxygens (including phenoxy) is 1. The van der Waals surface area contributed by atoms with Crippen molar-refractivity contribution in [2.45, 2.75) is 66.3 Å². The van der Waals surface area contributed by atoms with Gasteiger partial charge in [-0.15, -0.1) is 0 Å². The summed E-state index contributed by atoms with van der Waals surface area (Å²) >= 11 is 0. The number of rotatable bonds is 3. The van der Waals surface area contributed by atoms with Gasteiger partial charge in [-0.1, -0.05) is 12.1 Å². The van der Waals surface area contributed by atoms with Crippen molar-refractivity contribution in [1.29, 1.82) is 0 Å². The van der Waals surface area contributed by atoms with E-state index in [2.05, 4.69) is 6.07 Å². The fourth-order valence-electron chi connectivity index (χ4n) is 1.26. The second-order valence-electron chi connectivity index (χ2n) is 6.78. The summed E-state index contributed by atoms with van der Waals surface area (Å²) in [5.74, 6) is -0.0793. The molecule has 0 aliphatic heterocycles. The van der Waals surface area contributed by atoms with E-state index in [1.807, 2.05) is 30.3 Å². The molecule has 31 heavy (non-hydrogen) atoms. The Morgan fingerprint density at radius 3 is 1.39 bits per heavy atom. The van der Waals surface area contributed by atoms with Crippen molar-refractivity contribution in [3.8, 4) is 5.75 Å². The van der Waals surface area contributed by atoms with Crippen molar-refractivity contribution < 1.29 is 51.7 Å². The number of hydrogen-bond acceptors (Lipinski definition) is 5. The van der Waals surface area contributed by atoms with E-state index in [9.17, 15) is 4.79 Å².